The van der Waals surface area contributed by atoms with Crippen LogP contribution in [0.15, 0.2) is 47.4 Å². The average Bonchev–Trinajstić information content (AvgIpc) is 2.64. The fourth-order valence-corrected chi connectivity index (χ4v) is 4.23. The van der Waals surface area contributed by atoms with Crippen molar-refractivity contribution >= 4 is 21.6 Å². The molecule has 0 atom stereocenters. The van der Waals surface area contributed by atoms with E-state index < -0.39 is 10.0 Å². The maximum Gasteiger partial charge on any atom is 0.255 e. The first kappa shape index (κ1) is 20.9. The molecular weight excluding hydrogens is 364 g/mol. The van der Waals surface area contributed by atoms with Crippen LogP contribution in [0.2, 0.25) is 0 Å². The number of anilines is 1. The third kappa shape index (κ3) is 4.87. The van der Waals surface area contributed by atoms with Crippen LogP contribution in [0.1, 0.15) is 36.7 Å². The molecule has 0 heterocycles. The molecule has 0 aliphatic rings. The molecule has 0 bridgehead atoms. The van der Waals surface area contributed by atoms with Crippen LogP contribution < -0.4 is 10.1 Å². The molecule has 0 unspecified atom stereocenters. The lowest BCUT2D eigenvalue weighted by atomic mass is 10.1. The highest BCUT2D eigenvalue weighted by Gasteiger charge is 2.23. The maximum atomic E-state index is 12.8. The van der Waals surface area contributed by atoms with Crippen LogP contribution in [0.5, 0.6) is 5.75 Å². The smallest absolute Gasteiger partial charge is 0.255 e. The molecule has 27 heavy (non-hydrogen) atoms. The highest BCUT2D eigenvalue weighted by molar-refractivity contribution is 7.89. The molecule has 2 rings (SSSR count). The van der Waals surface area contributed by atoms with Crippen LogP contribution in [0.4, 0.5) is 5.69 Å². The molecule has 146 valence electrons. The molecule has 7 heteroatoms. The van der Waals surface area contributed by atoms with E-state index in [4.69, 9.17) is 4.74 Å². The number of amides is 1. The summed E-state index contributed by atoms with van der Waals surface area (Å²) < 4.78 is 32.5. The Morgan fingerprint density at radius 1 is 1.07 bits per heavy atom. The summed E-state index contributed by atoms with van der Waals surface area (Å²) in [6, 6.07) is 11.7. The van der Waals surface area contributed by atoms with Gasteiger partial charge in [-0.05, 0) is 44.2 Å². The molecule has 1 amide bonds. The number of carbonyl (C=O) groups excluding carboxylic acids is 1. The number of carbonyl (C=O) groups is 1. The van der Waals surface area contributed by atoms with Crippen molar-refractivity contribution in [3.63, 3.8) is 0 Å². The van der Waals surface area contributed by atoms with Crippen molar-refractivity contribution in [1.29, 1.82) is 0 Å². The lowest BCUT2D eigenvalue weighted by Crippen LogP contribution is -2.30. The Kier molecular flexibility index (Phi) is 6.98. The van der Waals surface area contributed by atoms with Crippen molar-refractivity contribution in [1.82, 2.24) is 4.31 Å². The number of benzene rings is 2. The van der Waals surface area contributed by atoms with Crippen LogP contribution in [-0.4, -0.2) is 38.3 Å². The van der Waals surface area contributed by atoms with E-state index >= 15 is 0 Å². The Labute approximate surface area is 161 Å². The van der Waals surface area contributed by atoms with E-state index in [-0.39, 0.29) is 10.8 Å². The Morgan fingerprint density at radius 3 is 2.37 bits per heavy atom. The van der Waals surface area contributed by atoms with E-state index in [0.717, 1.165) is 5.56 Å². The normalized spacial score (nSPS) is 11.4. The molecule has 0 aliphatic heterocycles. The fourth-order valence-electron chi connectivity index (χ4n) is 2.74. The average molecular weight is 391 g/mol. The molecule has 0 spiro atoms. The molecule has 2 aromatic rings. The second kappa shape index (κ2) is 9.01. The standard InChI is InChI=1S/C20H26N2O4S/c1-5-22(6-2)27(24,25)17-11-12-19(26-7-3)18(14-17)21-20(23)16-10-8-9-15(4)13-16/h8-14H,5-7H2,1-4H3,(H,21,23). The topological polar surface area (TPSA) is 75.7 Å². The largest absolute Gasteiger partial charge is 0.492 e. The van der Waals surface area contributed by atoms with Gasteiger partial charge >= 0.3 is 0 Å². The highest BCUT2D eigenvalue weighted by atomic mass is 32.2. The zero-order chi connectivity index (χ0) is 20.0. The zero-order valence-corrected chi connectivity index (χ0v) is 17.0. The number of nitrogens with one attached hydrogen (secondary N) is 1. The predicted molar refractivity (Wildman–Crippen MR) is 107 cm³/mol. The van der Waals surface area contributed by atoms with Gasteiger partial charge in [-0.1, -0.05) is 31.5 Å². The summed E-state index contributed by atoms with van der Waals surface area (Å²) in [5.41, 5.74) is 1.79. The molecule has 6 nitrogen and oxygen atoms in total. The first-order valence-electron chi connectivity index (χ1n) is 8.98. The molecule has 0 aliphatic carbocycles. The van der Waals surface area contributed by atoms with Gasteiger partial charge < -0.3 is 10.1 Å². The van der Waals surface area contributed by atoms with Crippen LogP contribution in [-0.2, 0) is 10.0 Å². The fraction of sp³-hybridized carbons (Fsp3) is 0.350. The summed E-state index contributed by atoms with van der Waals surface area (Å²) in [6.45, 7) is 8.45. The van der Waals surface area contributed by atoms with Crippen LogP contribution >= 0.6 is 0 Å². The minimum Gasteiger partial charge on any atom is -0.492 e. The second-order valence-electron chi connectivity index (χ2n) is 6.00. The Bertz CT molecular complexity index is 906. The number of aryl methyl sites for hydroxylation is 1. The summed E-state index contributed by atoms with van der Waals surface area (Å²) >= 11 is 0. The van der Waals surface area contributed by atoms with Gasteiger partial charge in [-0.25, -0.2) is 8.42 Å². The Morgan fingerprint density at radius 2 is 1.78 bits per heavy atom. The van der Waals surface area contributed by atoms with Crippen molar-refractivity contribution < 1.29 is 17.9 Å². The second-order valence-corrected chi connectivity index (χ2v) is 7.94. The number of nitrogens with zero attached hydrogens (tertiary/aromatic N) is 1. The number of sulfonamides is 1. The lowest BCUT2D eigenvalue weighted by Gasteiger charge is -2.20. The Balaban J connectivity index is 2.42. The number of hydrogen-bond acceptors (Lipinski definition) is 4. The summed E-state index contributed by atoms with van der Waals surface area (Å²) in [7, 11) is -3.64. The van der Waals surface area contributed by atoms with Gasteiger partial charge in [0, 0.05) is 18.7 Å². The number of hydrogen-bond donors (Lipinski definition) is 1. The highest BCUT2D eigenvalue weighted by Crippen LogP contribution is 2.29. The van der Waals surface area contributed by atoms with Crippen LogP contribution in [0.25, 0.3) is 0 Å². The molecule has 0 fully saturated rings. The molecular formula is C20H26N2O4S. The minimum absolute atomic E-state index is 0.120. The van der Waals surface area contributed by atoms with Crippen molar-refractivity contribution in [2.24, 2.45) is 0 Å². The molecule has 1 N–H and O–H groups in total. The van der Waals surface area contributed by atoms with Gasteiger partial charge in [0.2, 0.25) is 10.0 Å². The lowest BCUT2D eigenvalue weighted by molar-refractivity contribution is 0.102. The maximum absolute atomic E-state index is 12.8. The van der Waals surface area contributed by atoms with Crippen LogP contribution in [0, 0.1) is 6.92 Å². The van der Waals surface area contributed by atoms with Gasteiger partial charge in [-0.15, -0.1) is 0 Å². The summed E-state index contributed by atoms with van der Waals surface area (Å²) in [6.07, 6.45) is 0. The first-order valence-corrected chi connectivity index (χ1v) is 10.4. The molecule has 0 radical (unpaired) electrons. The molecule has 2 aromatic carbocycles. The quantitative estimate of drug-likeness (QED) is 0.746. The summed E-state index contributed by atoms with van der Waals surface area (Å²) in [5.74, 6) is 0.106. The summed E-state index contributed by atoms with van der Waals surface area (Å²) in [5, 5.41) is 2.78. The summed E-state index contributed by atoms with van der Waals surface area (Å²) in [4.78, 5) is 12.7. The van der Waals surface area contributed by atoms with Gasteiger partial charge in [0.15, 0.2) is 0 Å². The van der Waals surface area contributed by atoms with Crippen LogP contribution in [0.3, 0.4) is 0 Å². The van der Waals surface area contributed by atoms with E-state index in [9.17, 15) is 13.2 Å². The Hall–Kier alpha value is -2.38. The monoisotopic (exact) mass is 390 g/mol. The molecule has 0 aromatic heterocycles. The van der Waals surface area contributed by atoms with Gasteiger partial charge in [-0.2, -0.15) is 4.31 Å². The van der Waals surface area contributed by atoms with E-state index in [2.05, 4.69) is 5.32 Å². The van der Waals surface area contributed by atoms with Gasteiger partial charge in [0.1, 0.15) is 5.75 Å². The zero-order valence-electron chi connectivity index (χ0n) is 16.2. The SMILES string of the molecule is CCOc1ccc(S(=O)(=O)N(CC)CC)cc1NC(=O)c1cccc(C)c1. The van der Waals surface area contributed by atoms with Crippen molar-refractivity contribution in [3.8, 4) is 5.75 Å². The van der Waals surface area contributed by atoms with E-state index in [1.165, 1.54) is 16.4 Å². The van der Waals surface area contributed by atoms with E-state index in [1.54, 1.807) is 38.1 Å². The minimum atomic E-state index is -3.64. The van der Waals surface area contributed by atoms with Crippen molar-refractivity contribution in [3.05, 3.63) is 53.6 Å². The number of ether oxygens (including phenoxy) is 1. The van der Waals surface area contributed by atoms with E-state index in [0.29, 0.717) is 36.7 Å². The van der Waals surface area contributed by atoms with E-state index in [1.807, 2.05) is 19.9 Å². The molecule has 0 saturated heterocycles. The molecule has 0 saturated carbocycles. The van der Waals surface area contributed by atoms with Gasteiger partial charge in [0.05, 0.1) is 17.2 Å². The predicted octanol–water partition coefficient (Wildman–Crippen LogP) is 3.68. The number of rotatable bonds is 8. The third-order valence-electron chi connectivity index (χ3n) is 4.12. The van der Waals surface area contributed by atoms with Gasteiger partial charge in [0.25, 0.3) is 5.91 Å². The third-order valence-corrected chi connectivity index (χ3v) is 6.17. The first-order chi connectivity index (χ1) is 12.8. The van der Waals surface area contributed by atoms with Crippen molar-refractivity contribution in [2.75, 3.05) is 25.0 Å². The van der Waals surface area contributed by atoms with Crippen molar-refractivity contribution in [2.45, 2.75) is 32.6 Å². The van der Waals surface area contributed by atoms with Gasteiger partial charge in [-0.3, -0.25) is 4.79 Å².